The molecule has 0 atom stereocenters. The maximum atomic E-state index is 12.2. The number of urea groups is 1. The number of aromatic nitrogens is 2. The molecule has 0 unspecified atom stereocenters. The minimum Gasteiger partial charge on any atom is -0.264 e. The quantitative estimate of drug-likeness (QED) is 0.276. The first-order valence-corrected chi connectivity index (χ1v) is 10.2. The van der Waals surface area contributed by atoms with E-state index in [2.05, 4.69) is 5.10 Å². The largest absolute Gasteiger partial charge is 0.352 e. The van der Waals surface area contributed by atoms with Crippen molar-refractivity contribution in [2.24, 2.45) is 11.7 Å². The Kier molecular flexibility index (Phi) is 6.49. The van der Waals surface area contributed by atoms with Crippen molar-refractivity contribution in [2.75, 3.05) is 12.1 Å². The third-order valence-corrected chi connectivity index (χ3v) is 6.04. The predicted octanol–water partition coefficient (Wildman–Crippen LogP) is 4.04. The molecule has 9 heteroatoms. The molecule has 29 heavy (non-hydrogen) atoms. The molecule has 7 nitrogen and oxygen atoms in total. The summed E-state index contributed by atoms with van der Waals surface area (Å²) in [5.74, 6) is 12.2. The van der Waals surface area contributed by atoms with Crippen LogP contribution in [0.2, 0.25) is 5.02 Å². The average Bonchev–Trinajstić information content (AvgIpc) is 3.12. The van der Waals surface area contributed by atoms with Crippen molar-refractivity contribution in [1.82, 2.24) is 14.8 Å². The zero-order valence-corrected chi connectivity index (χ0v) is 18.0. The molecular formula is C20H23ClN6OS. The van der Waals surface area contributed by atoms with Crippen molar-refractivity contribution < 1.29 is 4.79 Å². The van der Waals surface area contributed by atoms with Crippen molar-refractivity contribution >= 4 is 35.1 Å². The van der Waals surface area contributed by atoms with Crippen LogP contribution in [-0.4, -0.2) is 27.9 Å². The summed E-state index contributed by atoms with van der Waals surface area (Å²) in [5.41, 5.74) is 4.52. The fraction of sp³-hybridized carbons (Fsp3) is 0.200. The van der Waals surface area contributed by atoms with Crippen LogP contribution >= 0.6 is 23.4 Å². The third kappa shape index (κ3) is 4.56. The molecule has 1 aromatic heterocycles. The summed E-state index contributed by atoms with van der Waals surface area (Å²) in [6.07, 6.45) is 1.75. The van der Waals surface area contributed by atoms with Crippen LogP contribution in [0, 0.1) is 13.8 Å². The summed E-state index contributed by atoms with van der Waals surface area (Å²) >= 11 is 8.10. The summed E-state index contributed by atoms with van der Waals surface area (Å²) in [6, 6.07) is 12.9. The van der Waals surface area contributed by atoms with E-state index in [1.54, 1.807) is 24.0 Å². The van der Waals surface area contributed by atoms with Gasteiger partial charge >= 0.3 is 6.03 Å². The fourth-order valence-corrected chi connectivity index (χ4v) is 4.28. The van der Waals surface area contributed by atoms with Gasteiger partial charge in [-0.2, -0.15) is 5.10 Å². The Balaban J connectivity index is 1.83. The van der Waals surface area contributed by atoms with Crippen LogP contribution < -0.4 is 16.7 Å². The summed E-state index contributed by atoms with van der Waals surface area (Å²) in [7, 11) is 1.45. The summed E-state index contributed by atoms with van der Waals surface area (Å²) in [5, 5.41) is 6.96. The van der Waals surface area contributed by atoms with E-state index in [0.29, 0.717) is 16.5 Å². The first-order valence-electron chi connectivity index (χ1n) is 8.88. The number of hydrogen-bond acceptors (Lipinski definition) is 5. The van der Waals surface area contributed by atoms with Crippen LogP contribution in [-0.2, 0) is 5.75 Å². The molecule has 0 radical (unpaired) electrons. The number of anilines is 1. The first kappa shape index (κ1) is 21.2. The van der Waals surface area contributed by atoms with Gasteiger partial charge in [0.25, 0.3) is 0 Å². The number of hydrogen-bond donors (Lipinski definition) is 2. The molecule has 0 fully saturated rings. The molecule has 3 rings (SSSR count). The van der Waals surface area contributed by atoms with Gasteiger partial charge in [-0.3, -0.25) is 5.01 Å². The van der Waals surface area contributed by atoms with Crippen LogP contribution in [0.4, 0.5) is 10.5 Å². The Bertz CT molecular complexity index is 1040. The number of rotatable bonds is 5. The van der Waals surface area contributed by atoms with E-state index in [9.17, 15) is 4.79 Å². The number of thioether (sulfide) groups is 1. The van der Waals surface area contributed by atoms with Gasteiger partial charge in [-0.25, -0.2) is 26.2 Å². The van der Waals surface area contributed by atoms with E-state index in [1.165, 1.54) is 7.05 Å². The number of carbonyl (C=O) groups excluding carboxylic acids is 1. The Morgan fingerprint density at radius 2 is 1.97 bits per heavy atom. The lowest BCUT2D eigenvalue weighted by atomic mass is 10.1. The van der Waals surface area contributed by atoms with Crippen molar-refractivity contribution in [3.63, 3.8) is 0 Å². The maximum Gasteiger partial charge on any atom is 0.352 e. The van der Waals surface area contributed by atoms with Gasteiger partial charge in [-0.15, -0.1) is 11.8 Å². The molecule has 0 aliphatic heterocycles. The standard InChI is InChI=1S/C20H23ClN6OS/c1-13-5-4-6-18(26(23)20(28)25(3)22)16(13)12-29-19-8-7-15(11-17(19)21)27-14(2)9-10-24-27/h4-11H,12,22-23H2,1-3H3. The highest BCUT2D eigenvalue weighted by molar-refractivity contribution is 7.98. The third-order valence-electron chi connectivity index (χ3n) is 4.52. The van der Waals surface area contributed by atoms with Gasteiger partial charge in [-0.05, 0) is 55.3 Å². The summed E-state index contributed by atoms with van der Waals surface area (Å²) < 4.78 is 1.83. The van der Waals surface area contributed by atoms with E-state index in [4.69, 9.17) is 23.3 Å². The lowest BCUT2D eigenvalue weighted by molar-refractivity contribution is 0.216. The zero-order valence-electron chi connectivity index (χ0n) is 16.5. The van der Waals surface area contributed by atoms with E-state index in [0.717, 1.165) is 37.4 Å². The number of carbonyl (C=O) groups is 1. The number of aryl methyl sites for hydroxylation is 2. The van der Waals surface area contributed by atoms with Crippen molar-refractivity contribution in [1.29, 1.82) is 0 Å². The molecule has 0 aliphatic rings. The second-order valence-corrected chi connectivity index (χ2v) is 8.05. The molecular weight excluding hydrogens is 408 g/mol. The topological polar surface area (TPSA) is 93.4 Å². The van der Waals surface area contributed by atoms with Gasteiger partial charge in [0, 0.05) is 29.6 Å². The SMILES string of the molecule is Cc1cccc(N(N)C(=O)N(C)N)c1CSc1ccc(-n2nccc2C)cc1Cl. The Morgan fingerprint density at radius 1 is 1.21 bits per heavy atom. The first-order chi connectivity index (χ1) is 13.8. The van der Waals surface area contributed by atoms with Crippen LogP contribution in [0.1, 0.15) is 16.8 Å². The molecule has 4 N–H and O–H groups in total. The summed E-state index contributed by atoms with van der Waals surface area (Å²) in [6.45, 7) is 3.97. The Hall–Kier alpha value is -2.52. The number of nitrogens with two attached hydrogens (primary N) is 2. The highest BCUT2D eigenvalue weighted by atomic mass is 35.5. The number of benzene rings is 2. The van der Waals surface area contributed by atoms with E-state index in [1.807, 2.05) is 54.9 Å². The van der Waals surface area contributed by atoms with Gasteiger partial charge in [-0.1, -0.05) is 23.7 Å². The molecule has 0 saturated carbocycles. The molecule has 0 aliphatic carbocycles. The number of halogens is 1. The average molecular weight is 431 g/mol. The van der Waals surface area contributed by atoms with Crippen molar-refractivity contribution in [2.45, 2.75) is 24.5 Å². The van der Waals surface area contributed by atoms with Crippen molar-refractivity contribution in [3.8, 4) is 5.69 Å². The van der Waals surface area contributed by atoms with E-state index >= 15 is 0 Å². The molecule has 0 spiro atoms. The number of amides is 2. The van der Waals surface area contributed by atoms with Crippen LogP contribution in [0.25, 0.3) is 5.69 Å². The van der Waals surface area contributed by atoms with Gasteiger partial charge in [0.05, 0.1) is 16.4 Å². The molecule has 0 bridgehead atoms. The monoisotopic (exact) mass is 430 g/mol. The maximum absolute atomic E-state index is 12.2. The van der Waals surface area contributed by atoms with Crippen LogP contribution in [0.15, 0.2) is 53.6 Å². The predicted molar refractivity (Wildman–Crippen MR) is 118 cm³/mol. The second-order valence-electron chi connectivity index (χ2n) is 6.62. The Labute approximate surface area is 179 Å². The highest BCUT2D eigenvalue weighted by Gasteiger charge is 2.19. The van der Waals surface area contributed by atoms with E-state index in [-0.39, 0.29) is 0 Å². The highest BCUT2D eigenvalue weighted by Crippen LogP contribution is 2.35. The minimum atomic E-state index is -0.501. The lowest BCUT2D eigenvalue weighted by Crippen LogP contribution is -2.49. The number of nitrogens with zero attached hydrogens (tertiary/aromatic N) is 4. The summed E-state index contributed by atoms with van der Waals surface area (Å²) in [4.78, 5) is 13.1. The van der Waals surface area contributed by atoms with E-state index < -0.39 is 6.03 Å². The molecule has 2 amide bonds. The smallest absolute Gasteiger partial charge is 0.264 e. The zero-order chi connectivity index (χ0) is 21.1. The Morgan fingerprint density at radius 3 is 2.59 bits per heavy atom. The molecule has 152 valence electrons. The molecule has 0 saturated heterocycles. The van der Waals surface area contributed by atoms with Crippen molar-refractivity contribution in [3.05, 3.63) is 70.5 Å². The lowest BCUT2D eigenvalue weighted by Gasteiger charge is -2.24. The molecule has 3 aromatic rings. The van der Waals surface area contributed by atoms with Gasteiger partial charge in [0.15, 0.2) is 0 Å². The minimum absolute atomic E-state index is 0.501. The molecule has 2 aromatic carbocycles. The second kappa shape index (κ2) is 8.87. The van der Waals surface area contributed by atoms with Crippen LogP contribution in [0.5, 0.6) is 0 Å². The van der Waals surface area contributed by atoms with Crippen LogP contribution in [0.3, 0.4) is 0 Å². The number of hydrazine groups is 2. The van der Waals surface area contributed by atoms with Gasteiger partial charge in [0.2, 0.25) is 0 Å². The van der Waals surface area contributed by atoms with Gasteiger partial charge < -0.3 is 0 Å². The normalized spacial score (nSPS) is 10.8. The fourth-order valence-electron chi connectivity index (χ4n) is 2.90. The van der Waals surface area contributed by atoms with Gasteiger partial charge in [0.1, 0.15) is 0 Å². The molecule has 1 heterocycles.